The lowest BCUT2D eigenvalue weighted by molar-refractivity contribution is -0.115. The van der Waals surface area contributed by atoms with Gasteiger partial charge in [-0.05, 0) is 30.7 Å². The van der Waals surface area contributed by atoms with Crippen molar-refractivity contribution in [3.05, 3.63) is 29.5 Å². The Morgan fingerprint density at radius 1 is 1.20 bits per heavy atom. The zero-order valence-electron chi connectivity index (χ0n) is 9.04. The van der Waals surface area contributed by atoms with E-state index in [4.69, 9.17) is 0 Å². The molecule has 0 aromatic rings. The highest BCUT2D eigenvalue weighted by atomic mass is 32.1. The predicted octanol–water partition coefficient (Wildman–Crippen LogP) is 3.48. The van der Waals surface area contributed by atoms with Gasteiger partial charge in [0.15, 0.2) is 5.78 Å². The van der Waals surface area contributed by atoms with Crippen molar-refractivity contribution in [1.29, 1.82) is 0 Å². The highest BCUT2D eigenvalue weighted by Gasteiger charge is 2.06. The number of carbonyl (C=O) groups is 1. The second kappa shape index (κ2) is 7.56. The van der Waals surface area contributed by atoms with Crippen LogP contribution in [0.1, 0.15) is 38.5 Å². The van der Waals surface area contributed by atoms with E-state index in [0.29, 0.717) is 6.42 Å². The molecule has 0 unspecified atom stereocenters. The van der Waals surface area contributed by atoms with Gasteiger partial charge in [-0.15, -0.1) is 5.73 Å². The number of carbonyl (C=O) groups excluding carboxylic acids is 1. The molecule has 0 aromatic heterocycles. The van der Waals surface area contributed by atoms with Gasteiger partial charge in [0.1, 0.15) is 0 Å². The van der Waals surface area contributed by atoms with Crippen molar-refractivity contribution >= 4 is 18.4 Å². The molecule has 1 aliphatic carbocycles. The first-order chi connectivity index (χ1) is 7.34. The Morgan fingerprint density at radius 3 is 2.60 bits per heavy atom. The van der Waals surface area contributed by atoms with Crippen molar-refractivity contribution in [2.24, 2.45) is 0 Å². The van der Waals surface area contributed by atoms with Gasteiger partial charge in [-0.1, -0.05) is 25.3 Å². The van der Waals surface area contributed by atoms with Crippen molar-refractivity contribution < 1.29 is 4.79 Å². The number of unbranched alkanes of at least 4 members (excludes halogenated alkanes) is 4. The first-order valence-corrected chi connectivity index (χ1v) is 6.25. The summed E-state index contributed by atoms with van der Waals surface area (Å²) in [5.41, 5.74) is 3.68. The van der Waals surface area contributed by atoms with E-state index in [0.717, 1.165) is 24.2 Å². The van der Waals surface area contributed by atoms with E-state index >= 15 is 0 Å². The number of Topliss-reactive ketones (excluding diaryl/α,β-unsaturated/α-hetero) is 1. The summed E-state index contributed by atoms with van der Waals surface area (Å²) in [7, 11) is 0. The van der Waals surface area contributed by atoms with Crippen molar-refractivity contribution in [3.8, 4) is 0 Å². The van der Waals surface area contributed by atoms with Gasteiger partial charge in [0, 0.05) is 6.42 Å². The number of hydrogen-bond donors (Lipinski definition) is 1. The summed E-state index contributed by atoms with van der Waals surface area (Å²) >= 11 is 4.16. The third-order valence-corrected chi connectivity index (χ3v) is 2.78. The Balaban J connectivity index is 2.03. The van der Waals surface area contributed by atoms with Crippen LogP contribution < -0.4 is 0 Å². The minimum Gasteiger partial charge on any atom is -0.293 e. The molecule has 1 aliphatic rings. The van der Waals surface area contributed by atoms with E-state index < -0.39 is 0 Å². The van der Waals surface area contributed by atoms with E-state index in [2.05, 4.69) is 18.4 Å². The lowest BCUT2D eigenvalue weighted by Crippen LogP contribution is -1.98. The summed E-state index contributed by atoms with van der Waals surface area (Å²) in [6, 6.07) is 0. The molecule has 0 atom stereocenters. The molecule has 15 heavy (non-hydrogen) atoms. The van der Waals surface area contributed by atoms with Gasteiger partial charge in [-0.25, -0.2) is 0 Å². The van der Waals surface area contributed by atoms with Crippen molar-refractivity contribution in [2.75, 3.05) is 5.75 Å². The molecule has 1 rings (SSSR count). The summed E-state index contributed by atoms with van der Waals surface area (Å²) in [5, 5.41) is 0. The van der Waals surface area contributed by atoms with Crippen molar-refractivity contribution in [2.45, 2.75) is 38.5 Å². The van der Waals surface area contributed by atoms with E-state index in [1.54, 1.807) is 6.08 Å². The maximum absolute atomic E-state index is 11.6. The van der Waals surface area contributed by atoms with E-state index in [9.17, 15) is 4.79 Å². The van der Waals surface area contributed by atoms with Crippen LogP contribution in [0.25, 0.3) is 0 Å². The lowest BCUT2D eigenvalue weighted by Gasteiger charge is -1.99. The number of rotatable bonds is 8. The van der Waals surface area contributed by atoms with Crippen LogP contribution in [0.4, 0.5) is 0 Å². The van der Waals surface area contributed by atoms with Crippen LogP contribution in [0.3, 0.4) is 0 Å². The minimum absolute atomic E-state index is 0.231. The molecule has 0 aromatic carbocycles. The molecule has 1 nitrogen and oxygen atoms in total. The summed E-state index contributed by atoms with van der Waals surface area (Å²) < 4.78 is 0. The Morgan fingerprint density at radius 2 is 1.93 bits per heavy atom. The minimum atomic E-state index is 0.231. The molecular weight excluding hydrogens is 204 g/mol. The number of allylic oxidation sites excluding steroid dienone is 3. The van der Waals surface area contributed by atoms with E-state index in [-0.39, 0.29) is 5.78 Å². The molecule has 82 valence electrons. The molecule has 0 heterocycles. The summed E-state index contributed by atoms with van der Waals surface area (Å²) in [5.74, 6) is 1.20. The Labute approximate surface area is 97.4 Å². The summed E-state index contributed by atoms with van der Waals surface area (Å²) in [6.07, 6.45) is 12.0. The van der Waals surface area contributed by atoms with Crippen molar-refractivity contribution in [3.63, 3.8) is 0 Å². The number of ketones is 1. The van der Waals surface area contributed by atoms with Crippen LogP contribution in [0.2, 0.25) is 0 Å². The van der Waals surface area contributed by atoms with Crippen LogP contribution in [-0.4, -0.2) is 11.5 Å². The van der Waals surface area contributed by atoms with Crippen LogP contribution in [0.5, 0.6) is 0 Å². The largest absolute Gasteiger partial charge is 0.293 e. The maximum atomic E-state index is 11.6. The predicted molar refractivity (Wildman–Crippen MR) is 67.3 cm³/mol. The Hall–Kier alpha value is -0.720. The van der Waals surface area contributed by atoms with Gasteiger partial charge in [0.2, 0.25) is 0 Å². The molecule has 0 fully saturated rings. The topological polar surface area (TPSA) is 17.1 Å². The molecule has 0 N–H and O–H groups in total. The fourth-order valence-electron chi connectivity index (χ4n) is 1.57. The van der Waals surface area contributed by atoms with Crippen LogP contribution in [0.15, 0.2) is 29.5 Å². The van der Waals surface area contributed by atoms with Crippen LogP contribution in [-0.2, 0) is 4.79 Å². The maximum Gasteiger partial charge on any atom is 0.170 e. The second-order valence-electron chi connectivity index (χ2n) is 3.75. The van der Waals surface area contributed by atoms with Crippen LogP contribution in [0, 0.1) is 0 Å². The van der Waals surface area contributed by atoms with Gasteiger partial charge < -0.3 is 0 Å². The molecule has 0 radical (unpaired) electrons. The van der Waals surface area contributed by atoms with Crippen LogP contribution >= 0.6 is 12.6 Å². The highest BCUT2D eigenvalue weighted by Crippen LogP contribution is 2.11. The lowest BCUT2D eigenvalue weighted by atomic mass is 10.1. The fourth-order valence-corrected chi connectivity index (χ4v) is 1.79. The normalized spacial score (nSPS) is 13.3. The van der Waals surface area contributed by atoms with Gasteiger partial charge in [-0.2, -0.15) is 12.6 Å². The van der Waals surface area contributed by atoms with Gasteiger partial charge in [0.05, 0.1) is 5.57 Å². The standard InChI is InChI=1S/C13H18OS/c14-13(12-8-5-6-9-12)10-4-2-1-3-7-11-15/h5-6,8,15H,1-4,7,10-11H2. The number of hydrogen-bond acceptors (Lipinski definition) is 2. The van der Waals surface area contributed by atoms with Crippen molar-refractivity contribution in [1.82, 2.24) is 0 Å². The molecular formula is C13H18OS. The van der Waals surface area contributed by atoms with Gasteiger partial charge in [-0.3, -0.25) is 4.79 Å². The Bertz CT molecular complexity index is 296. The summed E-state index contributed by atoms with van der Waals surface area (Å²) in [4.78, 5) is 11.6. The summed E-state index contributed by atoms with van der Waals surface area (Å²) in [6.45, 7) is 0. The first-order valence-electron chi connectivity index (χ1n) is 5.62. The first kappa shape index (κ1) is 12.4. The third kappa shape index (κ3) is 5.06. The quantitative estimate of drug-likeness (QED) is 0.378. The zero-order chi connectivity index (χ0) is 10.9. The van der Waals surface area contributed by atoms with E-state index in [1.807, 2.05) is 12.2 Å². The zero-order valence-corrected chi connectivity index (χ0v) is 9.93. The smallest absolute Gasteiger partial charge is 0.170 e. The molecule has 0 saturated carbocycles. The average Bonchev–Trinajstić information content (AvgIpc) is 2.76. The highest BCUT2D eigenvalue weighted by molar-refractivity contribution is 7.80. The molecule has 2 heteroatoms. The molecule has 0 bridgehead atoms. The van der Waals surface area contributed by atoms with Gasteiger partial charge >= 0.3 is 0 Å². The molecule has 0 saturated heterocycles. The second-order valence-corrected chi connectivity index (χ2v) is 4.20. The Kier molecular flexibility index (Phi) is 6.22. The molecule has 0 spiro atoms. The monoisotopic (exact) mass is 222 g/mol. The molecule has 0 aliphatic heterocycles. The molecule has 0 amide bonds. The van der Waals surface area contributed by atoms with E-state index in [1.165, 1.54) is 19.3 Å². The third-order valence-electron chi connectivity index (χ3n) is 2.46. The SMILES string of the molecule is O=C(CCCCCCCS)C1=C=CC=C1. The van der Waals surface area contributed by atoms with Gasteiger partial charge in [0.25, 0.3) is 0 Å². The fraction of sp³-hybridized carbons (Fsp3) is 0.538. The average molecular weight is 222 g/mol. The number of thiol groups is 1.